The first-order valence-corrected chi connectivity index (χ1v) is 9.06. The molecule has 28 heavy (non-hydrogen) atoms. The molecule has 0 aliphatic rings. The molecule has 0 amide bonds. The van der Waals surface area contributed by atoms with Crippen LogP contribution in [0.25, 0.3) is 0 Å². The minimum Gasteiger partial charge on any atom is -0.493 e. The van der Waals surface area contributed by atoms with E-state index in [9.17, 15) is 18.0 Å². The van der Waals surface area contributed by atoms with E-state index in [1.807, 2.05) is 6.92 Å². The van der Waals surface area contributed by atoms with Gasteiger partial charge in [-0.2, -0.15) is 13.2 Å². The highest BCUT2D eigenvalue weighted by Gasteiger charge is 2.32. The first-order chi connectivity index (χ1) is 13.3. The Kier molecular flexibility index (Phi) is 7.72. The van der Waals surface area contributed by atoms with Gasteiger partial charge in [-0.25, -0.2) is 0 Å². The summed E-state index contributed by atoms with van der Waals surface area (Å²) in [5.74, 6) is -0.136. The number of benzene rings is 2. The Morgan fingerprint density at radius 2 is 1.68 bits per heavy atom. The van der Waals surface area contributed by atoms with Gasteiger partial charge in [0.2, 0.25) is 0 Å². The third-order valence-corrected chi connectivity index (χ3v) is 4.02. The predicted molar refractivity (Wildman–Crippen MR) is 98.8 cm³/mol. The Morgan fingerprint density at radius 1 is 1.04 bits per heavy atom. The number of alkyl halides is 3. The first-order valence-electron chi connectivity index (χ1n) is 9.06. The number of carboxylic acids is 1. The lowest BCUT2D eigenvalue weighted by Gasteiger charge is -2.14. The van der Waals surface area contributed by atoms with Crippen LogP contribution in [0.4, 0.5) is 13.2 Å². The maximum absolute atomic E-state index is 13.1. The smallest absolute Gasteiger partial charge is 0.416 e. The molecule has 0 aliphatic carbocycles. The third-order valence-electron chi connectivity index (χ3n) is 4.02. The summed E-state index contributed by atoms with van der Waals surface area (Å²) in [7, 11) is 0. The topological polar surface area (TPSA) is 55.8 Å². The number of halogens is 3. The summed E-state index contributed by atoms with van der Waals surface area (Å²) in [4.78, 5) is 11.0. The summed E-state index contributed by atoms with van der Waals surface area (Å²) in [5, 5.41) is 9.01. The van der Waals surface area contributed by atoms with E-state index in [4.69, 9.17) is 14.6 Å². The molecule has 2 aromatic rings. The summed E-state index contributed by atoms with van der Waals surface area (Å²) >= 11 is 0. The summed E-state index contributed by atoms with van der Waals surface area (Å²) in [5.41, 5.74) is -0.0230. The summed E-state index contributed by atoms with van der Waals surface area (Å²) < 4.78 is 50.4. The van der Waals surface area contributed by atoms with Crippen molar-refractivity contribution in [2.45, 2.75) is 38.8 Å². The first kappa shape index (κ1) is 21.6. The highest BCUT2D eigenvalue weighted by Crippen LogP contribution is 2.32. The van der Waals surface area contributed by atoms with Crippen molar-refractivity contribution in [3.8, 4) is 11.5 Å². The zero-order valence-corrected chi connectivity index (χ0v) is 15.6. The molecule has 0 aromatic heterocycles. The number of aliphatic carboxylic acids is 1. The lowest BCUT2D eigenvalue weighted by Crippen LogP contribution is -2.11. The molecule has 2 aromatic carbocycles. The van der Waals surface area contributed by atoms with Crippen LogP contribution in [0, 0.1) is 0 Å². The molecular weight excluding hydrogens is 373 g/mol. The third kappa shape index (κ3) is 6.79. The van der Waals surface area contributed by atoms with Crippen molar-refractivity contribution in [3.63, 3.8) is 0 Å². The standard InChI is InChI=1S/C21H23F3O4/c1-2-3-9-27-17-11-15(13-20(25)26)12-18(14-17)28-10-8-16-6-4-5-7-19(16)21(22,23)24/h4-7,11-12,14H,2-3,8-10,13H2,1H3,(H,25,26). The number of carboxylic acid groups (broad SMARTS) is 1. The van der Waals surface area contributed by atoms with Gasteiger partial charge in [0, 0.05) is 12.5 Å². The molecule has 0 bridgehead atoms. The van der Waals surface area contributed by atoms with E-state index in [0.29, 0.717) is 23.7 Å². The molecule has 152 valence electrons. The number of rotatable bonds is 10. The second kappa shape index (κ2) is 10.0. The zero-order valence-electron chi connectivity index (χ0n) is 15.6. The Labute approximate surface area is 161 Å². The van der Waals surface area contributed by atoms with Gasteiger partial charge in [-0.1, -0.05) is 31.5 Å². The van der Waals surface area contributed by atoms with Crippen LogP contribution in [0.15, 0.2) is 42.5 Å². The fourth-order valence-electron chi connectivity index (χ4n) is 2.70. The molecule has 2 rings (SSSR count). The second-order valence-corrected chi connectivity index (χ2v) is 6.34. The van der Waals surface area contributed by atoms with Crippen LogP contribution in [0.5, 0.6) is 11.5 Å². The van der Waals surface area contributed by atoms with Gasteiger partial charge in [0.1, 0.15) is 11.5 Å². The Morgan fingerprint density at radius 3 is 2.29 bits per heavy atom. The van der Waals surface area contributed by atoms with E-state index in [0.717, 1.165) is 18.9 Å². The molecule has 0 heterocycles. The molecular formula is C21H23F3O4. The number of hydrogen-bond acceptors (Lipinski definition) is 3. The second-order valence-electron chi connectivity index (χ2n) is 6.34. The molecule has 0 saturated heterocycles. The monoisotopic (exact) mass is 396 g/mol. The lowest BCUT2D eigenvalue weighted by atomic mass is 10.0. The van der Waals surface area contributed by atoms with Gasteiger partial charge in [-0.3, -0.25) is 4.79 Å². The van der Waals surface area contributed by atoms with Crippen molar-refractivity contribution in [2.24, 2.45) is 0 Å². The molecule has 0 spiro atoms. The highest BCUT2D eigenvalue weighted by atomic mass is 19.4. The molecule has 7 heteroatoms. The van der Waals surface area contributed by atoms with Gasteiger partial charge in [0.15, 0.2) is 0 Å². The number of unbranched alkanes of at least 4 members (excludes halogenated alkanes) is 1. The van der Waals surface area contributed by atoms with Crippen molar-refractivity contribution >= 4 is 5.97 Å². The summed E-state index contributed by atoms with van der Waals surface area (Å²) in [6, 6.07) is 10.2. The molecule has 0 unspecified atom stereocenters. The summed E-state index contributed by atoms with van der Waals surface area (Å²) in [6.07, 6.45) is -2.73. The Balaban J connectivity index is 2.08. The minimum absolute atomic E-state index is 0.0258. The maximum Gasteiger partial charge on any atom is 0.416 e. The van der Waals surface area contributed by atoms with E-state index >= 15 is 0 Å². The fourth-order valence-corrected chi connectivity index (χ4v) is 2.70. The van der Waals surface area contributed by atoms with Crippen LogP contribution in [-0.2, 0) is 23.8 Å². The number of ether oxygens (including phenoxy) is 2. The molecule has 0 saturated carbocycles. The largest absolute Gasteiger partial charge is 0.493 e. The SMILES string of the molecule is CCCCOc1cc(CC(=O)O)cc(OCCc2ccccc2C(F)(F)F)c1. The molecule has 4 nitrogen and oxygen atoms in total. The van der Waals surface area contributed by atoms with Gasteiger partial charge < -0.3 is 14.6 Å². The maximum atomic E-state index is 13.1. The van der Waals surface area contributed by atoms with Gasteiger partial charge in [-0.05, 0) is 35.7 Å². The normalized spacial score (nSPS) is 11.3. The van der Waals surface area contributed by atoms with Crippen molar-refractivity contribution in [1.82, 2.24) is 0 Å². The van der Waals surface area contributed by atoms with Crippen LogP contribution in [0.3, 0.4) is 0 Å². The average molecular weight is 396 g/mol. The summed E-state index contributed by atoms with van der Waals surface area (Å²) in [6.45, 7) is 2.54. The minimum atomic E-state index is -4.42. The van der Waals surface area contributed by atoms with Gasteiger partial charge in [0.05, 0.1) is 25.2 Å². The van der Waals surface area contributed by atoms with Crippen molar-refractivity contribution in [1.29, 1.82) is 0 Å². The molecule has 0 radical (unpaired) electrons. The number of hydrogen-bond donors (Lipinski definition) is 1. The Hall–Kier alpha value is -2.70. The van der Waals surface area contributed by atoms with Crippen LogP contribution in [-0.4, -0.2) is 24.3 Å². The van der Waals surface area contributed by atoms with Crippen LogP contribution < -0.4 is 9.47 Å². The van der Waals surface area contributed by atoms with Crippen molar-refractivity contribution < 1.29 is 32.5 Å². The van der Waals surface area contributed by atoms with Crippen LogP contribution in [0.2, 0.25) is 0 Å². The Bertz CT molecular complexity index is 787. The predicted octanol–water partition coefficient (Wildman–Crippen LogP) is 5.13. The van der Waals surface area contributed by atoms with Gasteiger partial charge >= 0.3 is 12.1 Å². The van der Waals surface area contributed by atoms with Crippen molar-refractivity contribution in [2.75, 3.05) is 13.2 Å². The fraction of sp³-hybridized carbons (Fsp3) is 0.381. The lowest BCUT2D eigenvalue weighted by molar-refractivity contribution is -0.138. The van der Waals surface area contributed by atoms with E-state index in [1.165, 1.54) is 12.1 Å². The van der Waals surface area contributed by atoms with E-state index in [1.54, 1.807) is 24.3 Å². The highest BCUT2D eigenvalue weighted by molar-refractivity contribution is 5.70. The number of carbonyl (C=O) groups is 1. The van der Waals surface area contributed by atoms with Crippen LogP contribution in [0.1, 0.15) is 36.5 Å². The van der Waals surface area contributed by atoms with E-state index in [-0.39, 0.29) is 25.0 Å². The molecule has 1 N–H and O–H groups in total. The average Bonchev–Trinajstić information content (AvgIpc) is 2.61. The molecule has 0 fully saturated rings. The molecule has 0 aliphatic heterocycles. The molecule has 0 atom stereocenters. The van der Waals surface area contributed by atoms with Gasteiger partial charge in [0.25, 0.3) is 0 Å². The zero-order chi connectivity index (χ0) is 20.6. The van der Waals surface area contributed by atoms with Crippen LogP contribution >= 0.6 is 0 Å². The van der Waals surface area contributed by atoms with E-state index < -0.39 is 17.7 Å². The van der Waals surface area contributed by atoms with Crippen molar-refractivity contribution in [3.05, 3.63) is 59.2 Å². The van der Waals surface area contributed by atoms with Gasteiger partial charge in [-0.15, -0.1) is 0 Å². The van der Waals surface area contributed by atoms with E-state index in [2.05, 4.69) is 0 Å². The quantitative estimate of drug-likeness (QED) is 0.566.